The molecule has 180 valence electrons. The summed E-state index contributed by atoms with van der Waals surface area (Å²) in [7, 11) is 0. The van der Waals surface area contributed by atoms with Gasteiger partial charge in [-0.3, -0.25) is 4.79 Å². The maximum atomic E-state index is 12.4. The van der Waals surface area contributed by atoms with Crippen molar-refractivity contribution in [3.63, 3.8) is 0 Å². The maximum absolute atomic E-state index is 12.4. The van der Waals surface area contributed by atoms with E-state index in [1.54, 1.807) is 6.92 Å². The molecular weight excluding hydrogens is 460 g/mol. The second-order valence-corrected chi connectivity index (χ2v) is 9.74. The molecule has 8 heteroatoms. The zero-order chi connectivity index (χ0) is 24.5. The van der Waals surface area contributed by atoms with Gasteiger partial charge in [0.05, 0.1) is 16.8 Å². The van der Waals surface area contributed by atoms with Gasteiger partial charge in [-0.1, -0.05) is 48.0 Å². The van der Waals surface area contributed by atoms with E-state index in [1.807, 2.05) is 46.8 Å². The quantitative estimate of drug-likeness (QED) is 0.392. The van der Waals surface area contributed by atoms with Crippen LogP contribution in [-0.4, -0.2) is 62.1 Å². The van der Waals surface area contributed by atoms with Crippen molar-refractivity contribution in [3.05, 3.63) is 77.2 Å². The molecule has 0 unspecified atom stereocenters. The van der Waals surface area contributed by atoms with Crippen LogP contribution in [0.1, 0.15) is 29.6 Å². The second-order valence-electron chi connectivity index (χ2n) is 9.09. The van der Waals surface area contributed by atoms with Gasteiger partial charge in [0, 0.05) is 32.6 Å². The van der Waals surface area contributed by atoms with Gasteiger partial charge in [0.1, 0.15) is 17.0 Å². The van der Waals surface area contributed by atoms with Crippen LogP contribution in [0.2, 0.25) is 0 Å². The Balaban J connectivity index is 1.57. The lowest BCUT2D eigenvalue weighted by Crippen LogP contribution is -2.50. The molecule has 0 N–H and O–H groups in total. The Hall–Kier alpha value is -3.45. The molecule has 2 aromatic heterocycles. The summed E-state index contributed by atoms with van der Waals surface area (Å²) in [6.07, 6.45) is 0.629. The number of carbonyl (C=O) groups is 1. The first-order valence-corrected chi connectivity index (χ1v) is 12.4. The van der Waals surface area contributed by atoms with Crippen molar-refractivity contribution in [1.29, 1.82) is 0 Å². The van der Waals surface area contributed by atoms with Crippen molar-refractivity contribution in [3.8, 4) is 5.69 Å². The van der Waals surface area contributed by atoms with Crippen LogP contribution in [0.3, 0.4) is 0 Å². The Labute approximate surface area is 210 Å². The standard InChI is InChI=1S/C27H29ClN6O/c1-18-9-11-21(12-10-18)17-23-29-25(32-13-15-33(16-14-32)27(35)19(2)28)24-20(3)31-34(26(24)30-23)22-7-5-4-6-8-22/h4-12,19H,13-17H2,1-3H3/t19-/m0/s1. The zero-order valence-electron chi connectivity index (χ0n) is 20.3. The van der Waals surface area contributed by atoms with Gasteiger partial charge in [0.2, 0.25) is 5.91 Å². The summed E-state index contributed by atoms with van der Waals surface area (Å²) >= 11 is 6.05. The van der Waals surface area contributed by atoms with E-state index < -0.39 is 5.38 Å². The lowest BCUT2D eigenvalue weighted by molar-refractivity contribution is -0.130. The molecule has 0 bridgehead atoms. The van der Waals surface area contributed by atoms with Crippen molar-refractivity contribution in [2.24, 2.45) is 0 Å². The zero-order valence-corrected chi connectivity index (χ0v) is 21.0. The van der Waals surface area contributed by atoms with E-state index in [9.17, 15) is 4.79 Å². The highest BCUT2D eigenvalue weighted by Crippen LogP contribution is 2.30. The minimum atomic E-state index is -0.514. The van der Waals surface area contributed by atoms with Crippen molar-refractivity contribution in [2.75, 3.05) is 31.1 Å². The Morgan fingerprint density at radius 3 is 2.31 bits per heavy atom. The molecule has 2 aromatic carbocycles. The van der Waals surface area contributed by atoms with Crippen LogP contribution in [0, 0.1) is 13.8 Å². The number of fused-ring (bicyclic) bond motifs is 1. The fraction of sp³-hybridized carbons (Fsp3) is 0.333. The molecule has 1 saturated heterocycles. The Morgan fingerprint density at radius 1 is 0.971 bits per heavy atom. The summed E-state index contributed by atoms with van der Waals surface area (Å²) in [4.78, 5) is 26.5. The molecule has 0 saturated carbocycles. The van der Waals surface area contributed by atoms with Gasteiger partial charge >= 0.3 is 0 Å². The maximum Gasteiger partial charge on any atom is 0.240 e. The van der Waals surface area contributed by atoms with Crippen molar-refractivity contribution in [1.82, 2.24) is 24.6 Å². The Bertz CT molecular complexity index is 1340. The number of hydrogen-bond acceptors (Lipinski definition) is 5. The van der Waals surface area contributed by atoms with E-state index in [2.05, 4.69) is 36.1 Å². The normalized spacial score (nSPS) is 15.0. The minimum Gasteiger partial charge on any atom is -0.352 e. The van der Waals surface area contributed by atoms with Gasteiger partial charge in [-0.2, -0.15) is 5.10 Å². The monoisotopic (exact) mass is 488 g/mol. The molecule has 0 radical (unpaired) electrons. The molecule has 0 aliphatic carbocycles. The Morgan fingerprint density at radius 2 is 1.66 bits per heavy atom. The highest BCUT2D eigenvalue weighted by atomic mass is 35.5. The minimum absolute atomic E-state index is 0.0210. The molecule has 3 heterocycles. The number of para-hydroxylation sites is 1. The third kappa shape index (κ3) is 4.73. The number of halogens is 1. The number of alkyl halides is 1. The third-order valence-corrected chi connectivity index (χ3v) is 6.63. The summed E-state index contributed by atoms with van der Waals surface area (Å²) < 4.78 is 1.91. The summed E-state index contributed by atoms with van der Waals surface area (Å²) in [5.41, 5.74) is 5.03. The van der Waals surface area contributed by atoms with Crippen LogP contribution in [0.4, 0.5) is 5.82 Å². The van der Waals surface area contributed by atoms with Crippen LogP contribution in [0.25, 0.3) is 16.7 Å². The SMILES string of the molecule is Cc1ccc(Cc2nc(N3CCN(C(=O)[C@H](C)Cl)CC3)c3c(C)nn(-c4ccccc4)c3n2)cc1. The van der Waals surface area contributed by atoms with Crippen molar-refractivity contribution in [2.45, 2.75) is 32.6 Å². The van der Waals surface area contributed by atoms with Crippen molar-refractivity contribution >= 4 is 34.4 Å². The number of amides is 1. The average Bonchev–Trinajstić information content (AvgIpc) is 3.21. The predicted molar refractivity (Wildman–Crippen MR) is 139 cm³/mol. The van der Waals surface area contributed by atoms with Crippen LogP contribution in [-0.2, 0) is 11.2 Å². The molecule has 4 aromatic rings. The molecule has 5 rings (SSSR count). The number of rotatable bonds is 5. The van der Waals surface area contributed by atoms with Gasteiger partial charge in [-0.05, 0) is 38.5 Å². The Kier molecular flexibility index (Phi) is 6.43. The highest BCUT2D eigenvalue weighted by molar-refractivity contribution is 6.30. The molecule has 1 atom stereocenters. The first kappa shape index (κ1) is 23.3. The molecule has 1 aliphatic heterocycles. The average molecular weight is 489 g/mol. The molecule has 1 fully saturated rings. The van der Waals surface area contributed by atoms with Gasteiger partial charge in [-0.25, -0.2) is 14.6 Å². The summed E-state index contributed by atoms with van der Waals surface area (Å²) in [6, 6.07) is 18.5. The van der Waals surface area contributed by atoms with Gasteiger partial charge in [-0.15, -0.1) is 11.6 Å². The molecule has 35 heavy (non-hydrogen) atoms. The predicted octanol–water partition coefficient (Wildman–Crippen LogP) is 4.30. The number of nitrogens with zero attached hydrogens (tertiary/aromatic N) is 6. The molecule has 0 spiro atoms. The van der Waals surface area contributed by atoms with Gasteiger partial charge < -0.3 is 9.80 Å². The topological polar surface area (TPSA) is 67.2 Å². The van der Waals surface area contributed by atoms with Gasteiger partial charge in [0.15, 0.2) is 5.65 Å². The van der Waals surface area contributed by atoms with E-state index in [4.69, 9.17) is 26.7 Å². The summed E-state index contributed by atoms with van der Waals surface area (Å²) in [6.45, 7) is 8.40. The third-order valence-electron chi connectivity index (χ3n) is 6.44. The number of benzene rings is 2. The van der Waals surface area contributed by atoms with Crippen molar-refractivity contribution < 1.29 is 4.79 Å². The number of hydrogen-bond donors (Lipinski definition) is 0. The van der Waals surface area contributed by atoms with E-state index in [0.29, 0.717) is 32.6 Å². The molecule has 1 aliphatic rings. The highest BCUT2D eigenvalue weighted by Gasteiger charge is 2.27. The lowest BCUT2D eigenvalue weighted by Gasteiger charge is -2.36. The number of carbonyl (C=O) groups excluding carboxylic acids is 1. The smallest absolute Gasteiger partial charge is 0.240 e. The summed E-state index contributed by atoms with van der Waals surface area (Å²) in [5.74, 6) is 1.61. The lowest BCUT2D eigenvalue weighted by atomic mass is 10.1. The van der Waals surface area contributed by atoms with E-state index in [1.165, 1.54) is 5.56 Å². The van der Waals surface area contributed by atoms with Crippen LogP contribution in [0.5, 0.6) is 0 Å². The van der Waals surface area contributed by atoms with E-state index in [-0.39, 0.29) is 5.91 Å². The number of piperazine rings is 1. The molecule has 1 amide bonds. The van der Waals surface area contributed by atoms with Crippen LogP contribution in [0.15, 0.2) is 54.6 Å². The summed E-state index contributed by atoms with van der Waals surface area (Å²) in [5, 5.41) is 5.28. The fourth-order valence-electron chi connectivity index (χ4n) is 4.54. The first-order chi connectivity index (χ1) is 16.9. The van der Waals surface area contributed by atoms with E-state index in [0.717, 1.165) is 39.6 Å². The largest absolute Gasteiger partial charge is 0.352 e. The second kappa shape index (κ2) is 9.66. The molecular formula is C27H29ClN6O. The van der Waals surface area contributed by atoms with Gasteiger partial charge in [0.25, 0.3) is 0 Å². The van der Waals surface area contributed by atoms with Crippen LogP contribution >= 0.6 is 11.6 Å². The first-order valence-electron chi connectivity index (χ1n) is 12.0. The molecule has 7 nitrogen and oxygen atoms in total. The van der Waals surface area contributed by atoms with Crippen LogP contribution < -0.4 is 4.90 Å². The fourth-order valence-corrected chi connectivity index (χ4v) is 4.68. The number of anilines is 1. The number of aromatic nitrogens is 4. The number of aryl methyl sites for hydroxylation is 2. The van der Waals surface area contributed by atoms with E-state index >= 15 is 0 Å².